The lowest BCUT2D eigenvalue weighted by Gasteiger charge is -2.22. The first kappa shape index (κ1) is 17.5. The summed E-state index contributed by atoms with van der Waals surface area (Å²) in [6.07, 6.45) is 2.52. The topological polar surface area (TPSA) is 51.7 Å². The van der Waals surface area contributed by atoms with Crippen LogP contribution in [0.5, 0.6) is 5.75 Å². The Kier molecular flexibility index (Phi) is 5.19. The largest absolute Gasteiger partial charge is 0.497 e. The number of hydrogen-bond donors (Lipinski definition) is 0. The lowest BCUT2D eigenvalue weighted by Crippen LogP contribution is -2.38. The molecule has 1 unspecified atom stereocenters. The number of anilines is 1. The van der Waals surface area contributed by atoms with Gasteiger partial charge in [-0.2, -0.15) is 0 Å². The molecule has 1 fully saturated rings. The van der Waals surface area contributed by atoms with Crippen LogP contribution in [0.1, 0.15) is 17.7 Å². The Hall–Kier alpha value is -1.96. The molecular formula is C19H20N2O3S2. The van der Waals surface area contributed by atoms with E-state index in [1.165, 1.54) is 11.3 Å². The molecule has 7 heteroatoms. The van der Waals surface area contributed by atoms with E-state index in [1.807, 2.05) is 35.7 Å². The molecule has 3 aromatic rings. The Bertz CT molecular complexity index is 885. The number of aromatic nitrogens is 1. The van der Waals surface area contributed by atoms with E-state index >= 15 is 0 Å². The summed E-state index contributed by atoms with van der Waals surface area (Å²) in [5.41, 5.74) is 0.852. The number of benzene rings is 1. The maximum Gasteiger partial charge on any atom is 0.234 e. The van der Waals surface area contributed by atoms with Crippen LogP contribution in [0.4, 0.5) is 5.13 Å². The molecule has 2 aromatic heterocycles. The molecule has 1 aromatic carbocycles. The Morgan fingerprint density at radius 1 is 1.42 bits per heavy atom. The molecule has 1 aliphatic rings. The van der Waals surface area contributed by atoms with Gasteiger partial charge in [0.05, 0.1) is 36.4 Å². The number of thiazole rings is 1. The average Bonchev–Trinajstić information content (AvgIpc) is 3.39. The predicted octanol–water partition coefficient (Wildman–Crippen LogP) is 4.12. The fourth-order valence-corrected chi connectivity index (χ4v) is 4.74. The number of amides is 1. The van der Waals surface area contributed by atoms with Crippen LogP contribution in [0.3, 0.4) is 0 Å². The average molecular weight is 389 g/mol. The van der Waals surface area contributed by atoms with Crippen LogP contribution < -0.4 is 9.64 Å². The van der Waals surface area contributed by atoms with Gasteiger partial charge >= 0.3 is 0 Å². The second-order valence-corrected chi connectivity index (χ2v) is 8.27. The van der Waals surface area contributed by atoms with Gasteiger partial charge in [-0.3, -0.25) is 9.69 Å². The Labute approximate surface area is 160 Å². The summed E-state index contributed by atoms with van der Waals surface area (Å²) < 4.78 is 12.1. The van der Waals surface area contributed by atoms with E-state index < -0.39 is 0 Å². The molecule has 1 amide bonds. The summed E-state index contributed by atoms with van der Waals surface area (Å²) in [5, 5.41) is 2.72. The van der Waals surface area contributed by atoms with Gasteiger partial charge in [0.1, 0.15) is 5.75 Å². The zero-order chi connectivity index (χ0) is 17.9. The fourth-order valence-electron chi connectivity index (χ4n) is 3.07. The molecule has 4 rings (SSSR count). The first-order valence-corrected chi connectivity index (χ1v) is 10.3. The third-order valence-corrected chi connectivity index (χ3v) is 6.37. The van der Waals surface area contributed by atoms with E-state index in [4.69, 9.17) is 14.5 Å². The minimum Gasteiger partial charge on any atom is -0.497 e. The highest BCUT2D eigenvalue weighted by molar-refractivity contribution is 7.22. The minimum absolute atomic E-state index is 0.0639. The zero-order valence-electron chi connectivity index (χ0n) is 14.5. The van der Waals surface area contributed by atoms with Gasteiger partial charge in [-0.1, -0.05) is 17.4 Å². The van der Waals surface area contributed by atoms with Crippen molar-refractivity contribution in [3.8, 4) is 5.75 Å². The van der Waals surface area contributed by atoms with E-state index in [0.717, 1.165) is 45.4 Å². The summed E-state index contributed by atoms with van der Waals surface area (Å²) in [6.45, 7) is 1.33. The van der Waals surface area contributed by atoms with E-state index in [-0.39, 0.29) is 12.0 Å². The van der Waals surface area contributed by atoms with Crippen molar-refractivity contribution in [3.05, 3.63) is 40.6 Å². The number of rotatable bonds is 6. The third-order valence-electron chi connectivity index (χ3n) is 4.43. The summed E-state index contributed by atoms with van der Waals surface area (Å²) in [4.78, 5) is 20.6. The van der Waals surface area contributed by atoms with Gasteiger partial charge in [0.2, 0.25) is 5.91 Å². The zero-order valence-corrected chi connectivity index (χ0v) is 16.1. The molecule has 3 heterocycles. The molecule has 0 radical (unpaired) electrons. The van der Waals surface area contributed by atoms with Gasteiger partial charge in [-0.25, -0.2) is 4.98 Å². The maximum absolute atomic E-state index is 13.0. The first-order chi connectivity index (χ1) is 12.7. The van der Waals surface area contributed by atoms with Crippen molar-refractivity contribution >= 4 is 43.9 Å². The molecule has 0 bridgehead atoms. The van der Waals surface area contributed by atoms with Gasteiger partial charge < -0.3 is 9.47 Å². The molecule has 136 valence electrons. The van der Waals surface area contributed by atoms with Crippen LogP contribution >= 0.6 is 22.7 Å². The molecule has 5 nitrogen and oxygen atoms in total. The van der Waals surface area contributed by atoms with Crippen LogP contribution in [-0.4, -0.2) is 37.3 Å². The molecular weight excluding hydrogens is 368 g/mol. The summed E-state index contributed by atoms with van der Waals surface area (Å²) in [5.74, 6) is 0.832. The number of carbonyl (C=O) groups is 1. The third kappa shape index (κ3) is 3.75. The molecule has 0 N–H and O–H groups in total. The Morgan fingerprint density at radius 3 is 3.08 bits per heavy atom. The number of ether oxygens (including phenoxy) is 2. The number of nitrogens with zero attached hydrogens (tertiary/aromatic N) is 2. The van der Waals surface area contributed by atoms with Crippen LogP contribution in [0.15, 0.2) is 35.7 Å². The molecule has 0 aliphatic carbocycles. The van der Waals surface area contributed by atoms with Crippen molar-refractivity contribution in [2.75, 3.05) is 25.2 Å². The van der Waals surface area contributed by atoms with Gasteiger partial charge in [-0.15, -0.1) is 11.3 Å². The number of thiophene rings is 1. The standard InChI is InChI=1S/C19H20N2O3S2/c1-23-13-6-7-17-16(10-13)20-19(26-17)21(12-14-4-2-8-24-14)18(22)11-15-5-3-9-25-15/h3,5-7,9-10,14H,2,4,8,11-12H2,1H3. The SMILES string of the molecule is COc1ccc2sc(N(CC3CCCO3)C(=O)Cc3cccs3)nc2c1. The number of methoxy groups -OCH3 is 1. The second kappa shape index (κ2) is 7.73. The molecule has 26 heavy (non-hydrogen) atoms. The number of carbonyl (C=O) groups excluding carboxylic acids is 1. The molecule has 1 saturated heterocycles. The van der Waals surface area contributed by atoms with E-state index in [9.17, 15) is 4.79 Å². The maximum atomic E-state index is 13.0. The normalized spacial score (nSPS) is 16.9. The molecule has 0 saturated carbocycles. The summed E-state index contributed by atoms with van der Waals surface area (Å²) in [7, 11) is 1.64. The highest BCUT2D eigenvalue weighted by atomic mass is 32.1. The monoisotopic (exact) mass is 388 g/mol. The second-order valence-electron chi connectivity index (χ2n) is 6.23. The van der Waals surface area contributed by atoms with E-state index in [2.05, 4.69) is 0 Å². The lowest BCUT2D eigenvalue weighted by atomic mass is 10.2. The van der Waals surface area contributed by atoms with Crippen LogP contribution in [-0.2, 0) is 16.0 Å². The van der Waals surface area contributed by atoms with Gasteiger partial charge in [0.25, 0.3) is 0 Å². The Morgan fingerprint density at radius 2 is 2.35 bits per heavy atom. The lowest BCUT2D eigenvalue weighted by molar-refractivity contribution is -0.118. The van der Waals surface area contributed by atoms with Gasteiger partial charge in [0.15, 0.2) is 5.13 Å². The number of fused-ring (bicyclic) bond motifs is 1. The predicted molar refractivity (Wildman–Crippen MR) is 106 cm³/mol. The number of hydrogen-bond acceptors (Lipinski definition) is 6. The van der Waals surface area contributed by atoms with E-state index in [0.29, 0.717) is 13.0 Å². The van der Waals surface area contributed by atoms with E-state index in [1.54, 1.807) is 23.3 Å². The first-order valence-electron chi connectivity index (χ1n) is 8.62. The van der Waals surface area contributed by atoms with Gasteiger partial charge in [-0.05, 0) is 36.4 Å². The van der Waals surface area contributed by atoms with Crippen molar-refractivity contribution < 1.29 is 14.3 Å². The highest BCUT2D eigenvalue weighted by Gasteiger charge is 2.26. The highest BCUT2D eigenvalue weighted by Crippen LogP contribution is 2.32. The minimum atomic E-state index is 0.0639. The fraction of sp³-hybridized carbons (Fsp3) is 0.368. The van der Waals surface area contributed by atoms with Crippen molar-refractivity contribution in [3.63, 3.8) is 0 Å². The Balaban J connectivity index is 1.63. The molecule has 0 spiro atoms. The quantitative estimate of drug-likeness (QED) is 0.637. The van der Waals surface area contributed by atoms with Gasteiger partial charge in [0, 0.05) is 17.6 Å². The summed E-state index contributed by atoms with van der Waals surface area (Å²) in [6, 6.07) is 9.78. The summed E-state index contributed by atoms with van der Waals surface area (Å²) >= 11 is 3.14. The van der Waals surface area contributed by atoms with Crippen LogP contribution in [0, 0.1) is 0 Å². The van der Waals surface area contributed by atoms with Crippen LogP contribution in [0.2, 0.25) is 0 Å². The van der Waals surface area contributed by atoms with Crippen LogP contribution in [0.25, 0.3) is 10.2 Å². The van der Waals surface area contributed by atoms with Crippen molar-refractivity contribution in [2.45, 2.75) is 25.4 Å². The smallest absolute Gasteiger partial charge is 0.234 e. The van der Waals surface area contributed by atoms with Crippen molar-refractivity contribution in [2.24, 2.45) is 0 Å². The van der Waals surface area contributed by atoms with Crippen molar-refractivity contribution in [1.29, 1.82) is 0 Å². The molecule has 1 atom stereocenters. The van der Waals surface area contributed by atoms with Crippen molar-refractivity contribution in [1.82, 2.24) is 4.98 Å². The molecule has 1 aliphatic heterocycles.